The van der Waals surface area contributed by atoms with Crippen molar-refractivity contribution in [2.24, 2.45) is 7.05 Å². The number of ether oxygens (including phenoxy) is 1. The molecule has 0 N–H and O–H groups in total. The molecule has 2 rings (SSSR count). The predicted octanol–water partition coefficient (Wildman–Crippen LogP) is 2.63. The SMILES string of the molecule is C=CCN(CC(=O)c1c(C)c(C(=O)OC)n(C)c1C)S(=O)(=O)c1ccc(F)cc1. The second-order valence-corrected chi connectivity index (χ2v) is 8.39. The minimum Gasteiger partial charge on any atom is -0.464 e. The number of esters is 1. The third-order valence-corrected chi connectivity index (χ3v) is 6.52. The maximum Gasteiger partial charge on any atom is 0.354 e. The molecule has 0 aliphatic heterocycles. The van der Waals surface area contributed by atoms with Gasteiger partial charge in [-0.05, 0) is 43.7 Å². The van der Waals surface area contributed by atoms with Crippen molar-refractivity contribution in [3.05, 3.63) is 65.3 Å². The summed E-state index contributed by atoms with van der Waals surface area (Å²) >= 11 is 0. The van der Waals surface area contributed by atoms with Crippen LogP contribution >= 0.6 is 0 Å². The van der Waals surface area contributed by atoms with Crippen molar-refractivity contribution < 1.29 is 27.1 Å². The molecule has 0 aliphatic carbocycles. The first-order valence-electron chi connectivity index (χ1n) is 8.70. The first-order valence-corrected chi connectivity index (χ1v) is 10.1. The van der Waals surface area contributed by atoms with Gasteiger partial charge in [-0.2, -0.15) is 4.31 Å². The van der Waals surface area contributed by atoms with Gasteiger partial charge in [-0.25, -0.2) is 17.6 Å². The quantitative estimate of drug-likeness (QED) is 0.371. The highest BCUT2D eigenvalue weighted by atomic mass is 32.2. The van der Waals surface area contributed by atoms with Crippen LogP contribution in [0.1, 0.15) is 32.1 Å². The zero-order valence-corrected chi connectivity index (χ0v) is 17.5. The minimum atomic E-state index is -4.06. The molecule has 29 heavy (non-hydrogen) atoms. The number of sulfonamides is 1. The van der Waals surface area contributed by atoms with Gasteiger partial charge in [0.05, 0.1) is 18.6 Å². The molecule has 1 aromatic heterocycles. The van der Waals surface area contributed by atoms with Crippen molar-refractivity contribution in [1.82, 2.24) is 8.87 Å². The number of ketones is 1. The second kappa shape index (κ2) is 8.71. The summed E-state index contributed by atoms with van der Waals surface area (Å²) in [6.45, 7) is 6.25. The summed E-state index contributed by atoms with van der Waals surface area (Å²) in [5.74, 6) is -1.63. The molecule has 0 spiro atoms. The van der Waals surface area contributed by atoms with E-state index in [-0.39, 0.29) is 22.7 Å². The van der Waals surface area contributed by atoms with E-state index in [0.717, 1.165) is 28.6 Å². The van der Waals surface area contributed by atoms with Crippen LogP contribution in [0.25, 0.3) is 0 Å². The number of aromatic nitrogens is 1. The molecular weight excluding hydrogens is 399 g/mol. The Labute approximate surface area is 169 Å². The molecule has 1 heterocycles. The lowest BCUT2D eigenvalue weighted by Crippen LogP contribution is -2.36. The standard InChI is InChI=1S/C20H23FN2O5S/c1-6-11-23(29(26,27)16-9-7-15(21)8-10-16)12-17(24)18-13(2)19(20(25)28-5)22(4)14(18)3/h6-10H,1,11-12H2,2-5H3. The maximum atomic E-state index is 13.2. The number of methoxy groups -OCH3 is 1. The van der Waals surface area contributed by atoms with Gasteiger partial charge in [0.2, 0.25) is 10.0 Å². The lowest BCUT2D eigenvalue weighted by Gasteiger charge is -2.20. The molecule has 0 amide bonds. The van der Waals surface area contributed by atoms with Gasteiger partial charge in [0.25, 0.3) is 0 Å². The molecule has 0 saturated carbocycles. The van der Waals surface area contributed by atoms with E-state index in [1.54, 1.807) is 25.5 Å². The molecule has 0 aliphatic rings. The number of halogens is 1. The summed E-state index contributed by atoms with van der Waals surface area (Å²) in [5.41, 5.74) is 1.42. The Bertz CT molecular complexity index is 1060. The van der Waals surface area contributed by atoms with Crippen molar-refractivity contribution in [2.75, 3.05) is 20.2 Å². The molecule has 7 nitrogen and oxygen atoms in total. The molecule has 0 radical (unpaired) electrons. The monoisotopic (exact) mass is 422 g/mol. The number of Topliss-reactive ketones (excluding diaryl/α,β-unsaturated/α-hetero) is 1. The number of hydrogen-bond donors (Lipinski definition) is 0. The average molecular weight is 422 g/mol. The van der Waals surface area contributed by atoms with Gasteiger partial charge in [-0.1, -0.05) is 6.08 Å². The highest BCUT2D eigenvalue weighted by Crippen LogP contribution is 2.24. The predicted molar refractivity (Wildman–Crippen MR) is 106 cm³/mol. The van der Waals surface area contributed by atoms with E-state index in [4.69, 9.17) is 4.74 Å². The van der Waals surface area contributed by atoms with Gasteiger partial charge in [-0.15, -0.1) is 6.58 Å². The number of carbonyl (C=O) groups excluding carboxylic acids is 2. The average Bonchev–Trinajstić information content (AvgIpc) is 2.89. The summed E-state index contributed by atoms with van der Waals surface area (Å²) in [7, 11) is -1.19. The molecule has 156 valence electrons. The van der Waals surface area contributed by atoms with Crippen LogP contribution in [-0.4, -0.2) is 49.2 Å². The van der Waals surface area contributed by atoms with E-state index < -0.39 is 34.1 Å². The van der Waals surface area contributed by atoms with Crippen molar-refractivity contribution in [3.63, 3.8) is 0 Å². The number of benzene rings is 1. The van der Waals surface area contributed by atoms with Crippen molar-refractivity contribution in [3.8, 4) is 0 Å². The van der Waals surface area contributed by atoms with Gasteiger partial charge in [0, 0.05) is 24.8 Å². The smallest absolute Gasteiger partial charge is 0.354 e. The van der Waals surface area contributed by atoms with Crippen molar-refractivity contribution in [2.45, 2.75) is 18.7 Å². The fraction of sp³-hybridized carbons (Fsp3) is 0.300. The van der Waals surface area contributed by atoms with E-state index >= 15 is 0 Å². The fourth-order valence-corrected chi connectivity index (χ4v) is 4.53. The lowest BCUT2D eigenvalue weighted by molar-refractivity contribution is 0.0588. The van der Waals surface area contributed by atoms with Crippen LogP contribution in [0.15, 0.2) is 41.8 Å². The van der Waals surface area contributed by atoms with Crippen LogP contribution in [-0.2, 0) is 21.8 Å². The normalized spacial score (nSPS) is 11.5. The maximum absolute atomic E-state index is 13.2. The van der Waals surface area contributed by atoms with Crippen LogP contribution in [0, 0.1) is 19.7 Å². The van der Waals surface area contributed by atoms with E-state index in [9.17, 15) is 22.4 Å². The molecule has 0 unspecified atom stereocenters. The summed E-state index contributed by atoms with van der Waals surface area (Å²) in [5, 5.41) is 0. The topological polar surface area (TPSA) is 85.7 Å². The van der Waals surface area contributed by atoms with Crippen LogP contribution < -0.4 is 0 Å². The summed E-state index contributed by atoms with van der Waals surface area (Å²) in [4.78, 5) is 24.9. The van der Waals surface area contributed by atoms with Crippen LogP contribution in [0.4, 0.5) is 4.39 Å². The largest absolute Gasteiger partial charge is 0.464 e. The van der Waals surface area contributed by atoms with Crippen molar-refractivity contribution >= 4 is 21.8 Å². The second-order valence-electron chi connectivity index (χ2n) is 6.45. The third kappa shape index (κ3) is 4.30. The number of hydrogen-bond acceptors (Lipinski definition) is 5. The van der Waals surface area contributed by atoms with E-state index in [0.29, 0.717) is 11.3 Å². The molecule has 9 heteroatoms. The highest BCUT2D eigenvalue weighted by molar-refractivity contribution is 7.89. The lowest BCUT2D eigenvalue weighted by atomic mass is 10.1. The molecule has 0 fully saturated rings. The third-order valence-electron chi connectivity index (χ3n) is 4.69. The zero-order valence-electron chi connectivity index (χ0n) is 16.7. The molecule has 0 saturated heterocycles. The van der Waals surface area contributed by atoms with Gasteiger partial charge >= 0.3 is 5.97 Å². The molecule has 1 aromatic carbocycles. The van der Waals surface area contributed by atoms with E-state index in [2.05, 4.69) is 6.58 Å². The van der Waals surface area contributed by atoms with Gasteiger partial charge in [-0.3, -0.25) is 4.79 Å². The van der Waals surface area contributed by atoms with Crippen LogP contribution in [0.5, 0.6) is 0 Å². The van der Waals surface area contributed by atoms with Crippen LogP contribution in [0.2, 0.25) is 0 Å². The Morgan fingerprint density at radius 1 is 1.24 bits per heavy atom. The van der Waals surface area contributed by atoms with E-state index in [1.807, 2.05) is 0 Å². The first kappa shape index (κ1) is 22.5. The number of nitrogens with zero attached hydrogens (tertiary/aromatic N) is 2. The Hall–Kier alpha value is -2.78. The number of carbonyl (C=O) groups is 2. The summed E-state index contributed by atoms with van der Waals surface area (Å²) in [6.07, 6.45) is 1.36. The van der Waals surface area contributed by atoms with Crippen LogP contribution in [0.3, 0.4) is 0 Å². The Morgan fingerprint density at radius 2 is 1.83 bits per heavy atom. The Balaban J connectivity index is 2.44. The van der Waals surface area contributed by atoms with Crippen molar-refractivity contribution in [1.29, 1.82) is 0 Å². The molecule has 2 aromatic rings. The summed E-state index contributed by atoms with van der Waals surface area (Å²) in [6, 6.07) is 4.35. The molecular formula is C20H23FN2O5S. The fourth-order valence-electron chi connectivity index (χ4n) is 3.16. The zero-order chi connectivity index (χ0) is 21.9. The number of rotatable bonds is 8. The highest BCUT2D eigenvalue weighted by Gasteiger charge is 2.30. The minimum absolute atomic E-state index is 0.111. The van der Waals surface area contributed by atoms with Gasteiger partial charge in [0.15, 0.2) is 5.78 Å². The van der Waals surface area contributed by atoms with E-state index in [1.165, 1.54) is 13.2 Å². The Kier molecular flexibility index (Phi) is 6.76. The molecule has 0 bridgehead atoms. The Morgan fingerprint density at radius 3 is 2.34 bits per heavy atom. The van der Waals surface area contributed by atoms with Gasteiger partial charge in [0.1, 0.15) is 11.5 Å². The summed E-state index contributed by atoms with van der Waals surface area (Å²) < 4.78 is 46.3. The van der Waals surface area contributed by atoms with Gasteiger partial charge < -0.3 is 9.30 Å². The first-order chi connectivity index (χ1) is 13.6. The molecule has 0 atom stereocenters.